The van der Waals surface area contributed by atoms with E-state index in [1.807, 2.05) is 0 Å². The monoisotopic (exact) mass is 360 g/mol. The first kappa shape index (κ1) is 17.6. The third-order valence-corrected chi connectivity index (χ3v) is 4.15. The highest BCUT2D eigenvalue weighted by Gasteiger charge is 2.33. The van der Waals surface area contributed by atoms with E-state index in [-0.39, 0.29) is 23.1 Å². The number of rotatable bonds is 5. The van der Waals surface area contributed by atoms with Gasteiger partial charge in [-0.1, -0.05) is 23.7 Å². The van der Waals surface area contributed by atoms with E-state index in [0.29, 0.717) is 5.02 Å². The average molecular weight is 361 g/mol. The first-order valence-corrected chi connectivity index (χ1v) is 7.88. The molecule has 0 bridgehead atoms. The Morgan fingerprint density at radius 2 is 1.91 bits per heavy atom. The van der Waals surface area contributed by atoms with E-state index in [0.717, 1.165) is 35.8 Å². The van der Waals surface area contributed by atoms with Gasteiger partial charge in [-0.25, -0.2) is 0 Å². The van der Waals surface area contributed by atoms with Crippen molar-refractivity contribution in [3.8, 4) is 0 Å². The predicted octanol–water partition coefficient (Wildman–Crippen LogP) is 4.16. The molecule has 1 amide bonds. The molecule has 122 valence electrons. The van der Waals surface area contributed by atoms with Crippen LogP contribution in [0.3, 0.4) is 0 Å². The van der Waals surface area contributed by atoms with Crippen LogP contribution in [-0.2, 0) is 17.5 Å². The first-order valence-electron chi connectivity index (χ1n) is 6.51. The van der Waals surface area contributed by atoms with Gasteiger partial charge in [-0.05, 0) is 23.8 Å². The van der Waals surface area contributed by atoms with Crippen LogP contribution in [0.15, 0.2) is 47.6 Å². The van der Waals surface area contributed by atoms with Crippen molar-refractivity contribution >= 4 is 29.3 Å². The number of halogens is 4. The number of hydrogen-bond donors (Lipinski definition) is 1. The third kappa shape index (κ3) is 5.44. The van der Waals surface area contributed by atoms with Crippen LogP contribution in [0, 0.1) is 0 Å². The number of carbonyl (C=O) groups is 1. The number of nitrogens with zero attached hydrogens (tertiary/aromatic N) is 1. The molecule has 0 aliphatic rings. The molecule has 0 saturated carbocycles. The van der Waals surface area contributed by atoms with Gasteiger partial charge in [0.15, 0.2) is 0 Å². The maximum absolute atomic E-state index is 12.8. The van der Waals surface area contributed by atoms with Gasteiger partial charge in [0.05, 0.1) is 11.3 Å². The van der Waals surface area contributed by atoms with Crippen LogP contribution in [0.1, 0.15) is 11.1 Å². The molecule has 0 fully saturated rings. The molecule has 0 radical (unpaired) electrons. The summed E-state index contributed by atoms with van der Waals surface area (Å²) in [6.07, 6.45) is -2.28. The van der Waals surface area contributed by atoms with E-state index >= 15 is 0 Å². The van der Waals surface area contributed by atoms with Gasteiger partial charge >= 0.3 is 6.18 Å². The minimum atomic E-state index is -4.47. The molecule has 0 saturated heterocycles. The summed E-state index contributed by atoms with van der Waals surface area (Å²) in [6, 6.07) is 7.82. The Morgan fingerprint density at radius 1 is 1.22 bits per heavy atom. The Kier molecular flexibility index (Phi) is 5.90. The summed E-state index contributed by atoms with van der Waals surface area (Å²) < 4.78 is 38.5. The third-order valence-electron chi connectivity index (χ3n) is 2.85. The zero-order valence-corrected chi connectivity index (χ0v) is 13.3. The number of alkyl halides is 3. The molecule has 0 unspecified atom stereocenters. The molecule has 3 nitrogen and oxygen atoms in total. The second-order valence-electron chi connectivity index (χ2n) is 4.56. The van der Waals surface area contributed by atoms with Crippen molar-refractivity contribution in [2.75, 3.05) is 5.75 Å². The topological polar surface area (TPSA) is 42.0 Å². The second kappa shape index (κ2) is 7.70. The normalized spacial score (nSPS) is 11.3. The molecule has 1 aromatic heterocycles. The van der Waals surface area contributed by atoms with E-state index in [1.165, 1.54) is 0 Å². The Bertz CT molecular complexity index is 677. The van der Waals surface area contributed by atoms with Crippen molar-refractivity contribution < 1.29 is 18.0 Å². The van der Waals surface area contributed by atoms with Crippen molar-refractivity contribution in [2.45, 2.75) is 17.6 Å². The summed E-state index contributed by atoms with van der Waals surface area (Å²) in [7, 11) is 0. The highest BCUT2D eigenvalue weighted by molar-refractivity contribution is 8.00. The standard InChI is InChI=1S/C15H12ClF3N2OS/c16-11-3-1-10(2-4-11)7-21-14(22)9-23-13-8-20-6-5-12(13)15(17,18)19/h1-6,8H,7,9H2,(H,21,22). The molecule has 2 aromatic rings. The van der Waals surface area contributed by atoms with E-state index in [1.54, 1.807) is 24.3 Å². The Labute approximate surface area is 140 Å². The first-order chi connectivity index (χ1) is 10.9. The summed E-state index contributed by atoms with van der Waals surface area (Å²) in [5.74, 6) is -0.482. The number of hydrogen-bond acceptors (Lipinski definition) is 3. The lowest BCUT2D eigenvalue weighted by Gasteiger charge is -2.11. The smallest absolute Gasteiger partial charge is 0.351 e. The number of aromatic nitrogens is 1. The van der Waals surface area contributed by atoms with Gasteiger partial charge in [-0.15, -0.1) is 11.8 Å². The zero-order chi connectivity index (χ0) is 16.9. The van der Waals surface area contributed by atoms with Crippen molar-refractivity contribution in [1.29, 1.82) is 0 Å². The molecule has 0 spiro atoms. The number of amides is 1. The highest BCUT2D eigenvalue weighted by Crippen LogP contribution is 2.35. The van der Waals surface area contributed by atoms with E-state index in [2.05, 4.69) is 10.3 Å². The number of benzene rings is 1. The molecule has 1 aromatic carbocycles. The van der Waals surface area contributed by atoms with Gasteiger partial charge in [-0.3, -0.25) is 9.78 Å². The minimum absolute atomic E-state index is 0.0679. The van der Waals surface area contributed by atoms with Crippen LogP contribution in [0.25, 0.3) is 0 Å². The molecular weight excluding hydrogens is 349 g/mol. The summed E-state index contributed by atoms with van der Waals surface area (Å²) >= 11 is 6.56. The van der Waals surface area contributed by atoms with Crippen LogP contribution in [0.4, 0.5) is 13.2 Å². The van der Waals surface area contributed by atoms with Crippen LogP contribution < -0.4 is 5.32 Å². The van der Waals surface area contributed by atoms with Crippen LogP contribution >= 0.6 is 23.4 Å². The maximum Gasteiger partial charge on any atom is 0.417 e. The van der Waals surface area contributed by atoms with E-state index in [4.69, 9.17) is 11.6 Å². The molecule has 8 heteroatoms. The van der Waals surface area contributed by atoms with Gasteiger partial charge in [0.2, 0.25) is 5.91 Å². The lowest BCUT2D eigenvalue weighted by Crippen LogP contribution is -2.24. The second-order valence-corrected chi connectivity index (χ2v) is 6.02. The van der Waals surface area contributed by atoms with Crippen LogP contribution in [-0.4, -0.2) is 16.6 Å². The number of nitrogens with one attached hydrogen (secondary N) is 1. The van der Waals surface area contributed by atoms with Gasteiger partial charge in [0.1, 0.15) is 0 Å². The molecule has 0 aliphatic carbocycles. The van der Waals surface area contributed by atoms with Crippen molar-refractivity contribution in [1.82, 2.24) is 10.3 Å². The molecule has 2 rings (SSSR count). The lowest BCUT2D eigenvalue weighted by atomic mass is 10.2. The molecule has 1 heterocycles. The van der Waals surface area contributed by atoms with E-state index < -0.39 is 11.7 Å². The maximum atomic E-state index is 12.8. The Morgan fingerprint density at radius 3 is 2.57 bits per heavy atom. The molecule has 0 atom stereocenters. The molecule has 0 aliphatic heterocycles. The fourth-order valence-electron chi connectivity index (χ4n) is 1.73. The number of pyridine rings is 1. The summed E-state index contributed by atoms with van der Waals surface area (Å²) in [6.45, 7) is 0.287. The van der Waals surface area contributed by atoms with Gasteiger partial charge < -0.3 is 5.32 Å². The predicted molar refractivity (Wildman–Crippen MR) is 83.3 cm³/mol. The fraction of sp³-hybridized carbons (Fsp3) is 0.200. The van der Waals surface area contributed by atoms with Gasteiger partial charge in [-0.2, -0.15) is 13.2 Å². The summed E-state index contributed by atoms with van der Waals surface area (Å²) in [5, 5.41) is 3.23. The van der Waals surface area contributed by atoms with Crippen LogP contribution in [0.2, 0.25) is 5.02 Å². The fourth-order valence-corrected chi connectivity index (χ4v) is 2.72. The summed E-state index contributed by atoms with van der Waals surface area (Å²) in [5.41, 5.74) is 0.0631. The Hall–Kier alpha value is -1.73. The number of carbonyl (C=O) groups excluding carboxylic acids is 1. The average Bonchev–Trinajstić information content (AvgIpc) is 2.52. The highest BCUT2D eigenvalue weighted by atomic mass is 35.5. The molecule has 1 N–H and O–H groups in total. The summed E-state index contributed by atoms with van der Waals surface area (Å²) in [4.78, 5) is 15.4. The number of thioether (sulfide) groups is 1. The zero-order valence-electron chi connectivity index (χ0n) is 11.7. The largest absolute Gasteiger partial charge is 0.417 e. The molecule has 23 heavy (non-hydrogen) atoms. The van der Waals surface area contributed by atoms with Gasteiger partial charge in [0, 0.05) is 28.9 Å². The lowest BCUT2D eigenvalue weighted by molar-refractivity contribution is -0.139. The minimum Gasteiger partial charge on any atom is -0.351 e. The van der Waals surface area contributed by atoms with Crippen molar-refractivity contribution in [3.05, 3.63) is 58.9 Å². The van der Waals surface area contributed by atoms with E-state index in [9.17, 15) is 18.0 Å². The SMILES string of the molecule is O=C(CSc1cnccc1C(F)(F)F)NCc1ccc(Cl)cc1. The van der Waals surface area contributed by atoms with Gasteiger partial charge in [0.25, 0.3) is 0 Å². The Balaban J connectivity index is 1.89. The van der Waals surface area contributed by atoms with Crippen LogP contribution in [0.5, 0.6) is 0 Å². The quantitative estimate of drug-likeness (QED) is 0.814. The van der Waals surface area contributed by atoms with Crippen molar-refractivity contribution in [3.63, 3.8) is 0 Å². The van der Waals surface area contributed by atoms with Crippen molar-refractivity contribution in [2.24, 2.45) is 0 Å². The molecular formula is C15H12ClF3N2OS.